The second kappa shape index (κ2) is 4.80. The molecule has 1 aromatic heterocycles. The third kappa shape index (κ3) is 2.18. The van der Waals surface area contributed by atoms with Crippen molar-refractivity contribution in [3.8, 4) is 5.69 Å². The molecule has 6 nitrogen and oxygen atoms in total. The molecule has 2 aromatic rings. The van der Waals surface area contributed by atoms with Crippen LogP contribution >= 0.6 is 11.6 Å². The lowest BCUT2D eigenvalue weighted by molar-refractivity contribution is 0.193. The summed E-state index contributed by atoms with van der Waals surface area (Å²) in [5, 5.41) is 19.7. The van der Waals surface area contributed by atoms with E-state index < -0.39 is 6.10 Å². The average Bonchev–Trinajstić information content (AvgIpc) is 2.96. The molecule has 0 spiro atoms. The molecule has 1 saturated heterocycles. The zero-order chi connectivity index (χ0) is 13.4. The Morgan fingerprint density at radius 2 is 2.21 bits per heavy atom. The van der Waals surface area contributed by atoms with Crippen molar-refractivity contribution in [1.82, 2.24) is 20.1 Å². The van der Waals surface area contributed by atoms with E-state index in [1.165, 1.54) is 4.57 Å². The van der Waals surface area contributed by atoms with Crippen molar-refractivity contribution in [1.29, 1.82) is 0 Å². The van der Waals surface area contributed by atoms with E-state index in [4.69, 9.17) is 11.6 Å². The summed E-state index contributed by atoms with van der Waals surface area (Å²) in [6, 6.07) is 6.92. The Balaban J connectivity index is 2.09. The first-order valence-electron chi connectivity index (χ1n) is 6.00. The van der Waals surface area contributed by atoms with E-state index in [1.54, 1.807) is 24.3 Å². The van der Waals surface area contributed by atoms with Crippen molar-refractivity contribution < 1.29 is 5.11 Å². The highest BCUT2D eigenvalue weighted by molar-refractivity contribution is 6.32. The molecule has 7 heteroatoms. The van der Waals surface area contributed by atoms with Crippen LogP contribution in [0.3, 0.4) is 0 Å². The number of aliphatic hydroxyl groups excluding tert-OH is 1. The highest BCUT2D eigenvalue weighted by atomic mass is 35.5. The average molecular weight is 281 g/mol. The molecule has 0 saturated carbocycles. The molecule has 3 N–H and O–H groups in total. The second-order valence-corrected chi connectivity index (χ2v) is 4.93. The van der Waals surface area contributed by atoms with Gasteiger partial charge in [-0.15, -0.1) is 0 Å². The van der Waals surface area contributed by atoms with Gasteiger partial charge in [0.15, 0.2) is 5.82 Å². The third-order valence-electron chi connectivity index (χ3n) is 3.21. The highest BCUT2D eigenvalue weighted by Crippen LogP contribution is 2.25. The number of aromatic amines is 1. The van der Waals surface area contributed by atoms with Crippen LogP contribution in [0.5, 0.6) is 0 Å². The molecular formula is C12H13ClN4O2. The van der Waals surface area contributed by atoms with Gasteiger partial charge in [-0.25, -0.2) is 14.5 Å². The second-order valence-electron chi connectivity index (χ2n) is 4.52. The molecule has 1 aliphatic heterocycles. The number of rotatable bonds is 2. The van der Waals surface area contributed by atoms with Gasteiger partial charge < -0.3 is 10.4 Å². The topological polar surface area (TPSA) is 82.9 Å². The number of nitrogens with zero attached hydrogens (tertiary/aromatic N) is 2. The van der Waals surface area contributed by atoms with Crippen LogP contribution in [0.4, 0.5) is 0 Å². The molecule has 3 rings (SSSR count). The summed E-state index contributed by atoms with van der Waals surface area (Å²) < 4.78 is 1.44. The molecule has 1 aliphatic rings. The van der Waals surface area contributed by atoms with Crippen LogP contribution in [0.1, 0.15) is 18.3 Å². The van der Waals surface area contributed by atoms with E-state index >= 15 is 0 Å². The number of halogens is 1. The number of para-hydroxylation sites is 1. The maximum absolute atomic E-state index is 11.9. The van der Waals surface area contributed by atoms with Crippen LogP contribution in [0.25, 0.3) is 5.69 Å². The lowest BCUT2D eigenvalue weighted by Crippen LogP contribution is -2.22. The molecule has 100 valence electrons. The number of aromatic nitrogens is 3. The molecule has 0 aliphatic carbocycles. The maximum Gasteiger partial charge on any atom is 0.348 e. The minimum atomic E-state index is -0.420. The van der Waals surface area contributed by atoms with Crippen LogP contribution in [0.2, 0.25) is 5.02 Å². The SMILES string of the molecule is O=c1[nH]nc([C@@H]2C[C@@H](O)CN2)n1-c1ccccc1Cl. The minimum Gasteiger partial charge on any atom is -0.392 e. The van der Waals surface area contributed by atoms with E-state index in [1.807, 2.05) is 0 Å². The number of benzene rings is 1. The van der Waals surface area contributed by atoms with Crippen molar-refractivity contribution in [2.75, 3.05) is 6.54 Å². The van der Waals surface area contributed by atoms with Crippen molar-refractivity contribution in [2.24, 2.45) is 0 Å². The lowest BCUT2D eigenvalue weighted by Gasteiger charge is -2.12. The van der Waals surface area contributed by atoms with E-state index in [2.05, 4.69) is 15.5 Å². The van der Waals surface area contributed by atoms with Crippen molar-refractivity contribution >= 4 is 11.6 Å². The smallest absolute Gasteiger partial charge is 0.348 e. The van der Waals surface area contributed by atoms with E-state index in [0.717, 1.165) is 0 Å². The van der Waals surface area contributed by atoms with Crippen LogP contribution in [0.15, 0.2) is 29.1 Å². The summed E-state index contributed by atoms with van der Waals surface area (Å²) in [7, 11) is 0. The standard InChI is InChI=1S/C12H13ClN4O2/c13-8-3-1-2-4-10(8)17-11(15-16-12(17)19)9-5-7(18)6-14-9/h1-4,7,9,14,18H,5-6H2,(H,16,19)/t7-,9+/m1/s1. The van der Waals surface area contributed by atoms with Gasteiger partial charge >= 0.3 is 5.69 Å². The summed E-state index contributed by atoms with van der Waals surface area (Å²) in [6.45, 7) is 0.494. The number of nitrogens with one attached hydrogen (secondary N) is 2. The third-order valence-corrected chi connectivity index (χ3v) is 3.53. The van der Waals surface area contributed by atoms with Gasteiger partial charge in [0.1, 0.15) is 0 Å². The summed E-state index contributed by atoms with van der Waals surface area (Å²) >= 11 is 6.12. The maximum atomic E-state index is 11.9. The molecule has 1 fully saturated rings. The Morgan fingerprint density at radius 3 is 2.89 bits per heavy atom. The molecule has 2 atom stereocenters. The fourth-order valence-corrected chi connectivity index (χ4v) is 2.54. The van der Waals surface area contributed by atoms with Gasteiger partial charge in [-0.05, 0) is 18.6 Å². The van der Waals surface area contributed by atoms with Gasteiger partial charge in [0.05, 0.1) is 22.9 Å². The zero-order valence-corrected chi connectivity index (χ0v) is 10.8. The lowest BCUT2D eigenvalue weighted by atomic mass is 10.2. The quantitative estimate of drug-likeness (QED) is 0.753. The molecule has 0 unspecified atom stereocenters. The predicted molar refractivity (Wildman–Crippen MR) is 70.6 cm³/mol. The fourth-order valence-electron chi connectivity index (χ4n) is 2.32. The number of hydrogen-bond acceptors (Lipinski definition) is 4. The monoisotopic (exact) mass is 280 g/mol. The van der Waals surface area contributed by atoms with Gasteiger partial charge in [-0.3, -0.25) is 0 Å². The molecule has 19 heavy (non-hydrogen) atoms. The van der Waals surface area contributed by atoms with Crippen molar-refractivity contribution in [2.45, 2.75) is 18.6 Å². The van der Waals surface area contributed by atoms with Crippen LogP contribution in [-0.4, -0.2) is 32.5 Å². The van der Waals surface area contributed by atoms with Crippen LogP contribution in [-0.2, 0) is 0 Å². The highest BCUT2D eigenvalue weighted by Gasteiger charge is 2.29. The Hall–Kier alpha value is -1.63. The Bertz CT molecular complexity index is 651. The molecule has 0 amide bonds. The molecular weight excluding hydrogens is 268 g/mol. The Morgan fingerprint density at radius 1 is 1.42 bits per heavy atom. The number of β-amino-alcohol motifs (C(OH)–C–C–N with tert-alkyl or cyclic N) is 1. The van der Waals surface area contributed by atoms with Gasteiger partial charge in [-0.2, -0.15) is 5.10 Å². The normalized spacial score (nSPS) is 22.8. The minimum absolute atomic E-state index is 0.162. The summed E-state index contributed by atoms with van der Waals surface area (Å²) in [4.78, 5) is 11.9. The first-order chi connectivity index (χ1) is 9.16. The number of hydrogen-bond donors (Lipinski definition) is 3. The Labute approximate surface area is 114 Å². The van der Waals surface area contributed by atoms with Crippen LogP contribution in [0, 0.1) is 0 Å². The van der Waals surface area contributed by atoms with E-state index in [0.29, 0.717) is 29.5 Å². The Kier molecular flexibility index (Phi) is 3.14. The largest absolute Gasteiger partial charge is 0.392 e. The first kappa shape index (κ1) is 12.4. The van der Waals surface area contributed by atoms with Crippen LogP contribution < -0.4 is 11.0 Å². The molecule has 2 heterocycles. The number of H-pyrrole nitrogens is 1. The summed E-state index contributed by atoms with van der Waals surface area (Å²) in [5.41, 5.74) is 0.243. The van der Waals surface area contributed by atoms with Crippen molar-refractivity contribution in [3.05, 3.63) is 45.6 Å². The molecule has 1 aromatic carbocycles. The van der Waals surface area contributed by atoms with E-state index in [-0.39, 0.29) is 11.7 Å². The first-order valence-corrected chi connectivity index (χ1v) is 6.38. The van der Waals surface area contributed by atoms with Gasteiger partial charge in [0, 0.05) is 6.54 Å². The predicted octanol–water partition coefficient (Wildman–Crippen LogP) is 0.609. The van der Waals surface area contributed by atoms with E-state index in [9.17, 15) is 9.90 Å². The fraction of sp³-hybridized carbons (Fsp3) is 0.333. The molecule has 0 radical (unpaired) electrons. The van der Waals surface area contributed by atoms with Gasteiger partial charge in [0.25, 0.3) is 0 Å². The van der Waals surface area contributed by atoms with Gasteiger partial charge in [0.2, 0.25) is 0 Å². The zero-order valence-electron chi connectivity index (χ0n) is 10.0. The summed E-state index contributed by atoms with van der Waals surface area (Å²) in [5.74, 6) is 0.537. The number of aliphatic hydroxyl groups is 1. The summed E-state index contributed by atoms with van der Waals surface area (Å²) in [6.07, 6.45) is 0.103. The van der Waals surface area contributed by atoms with Gasteiger partial charge in [-0.1, -0.05) is 23.7 Å². The van der Waals surface area contributed by atoms with Crippen molar-refractivity contribution in [3.63, 3.8) is 0 Å². The molecule has 0 bridgehead atoms.